The molecule has 8 rings (SSSR count). The van der Waals surface area contributed by atoms with E-state index in [0.29, 0.717) is 55.6 Å². The molecular formula is C32H36FN5O4. The molecule has 5 aliphatic rings. The quantitative estimate of drug-likeness (QED) is 0.451. The molecule has 0 bridgehead atoms. The fraction of sp³-hybridized carbons (Fsp3) is 0.531. The third kappa shape index (κ3) is 4.21. The van der Waals surface area contributed by atoms with E-state index in [1.54, 1.807) is 12.1 Å². The van der Waals surface area contributed by atoms with Crippen molar-refractivity contribution in [2.45, 2.75) is 62.9 Å². The molecule has 0 radical (unpaired) electrons. The first-order valence-corrected chi connectivity index (χ1v) is 15.3. The minimum Gasteiger partial charge on any atom is -0.508 e. The molecule has 6 heterocycles. The van der Waals surface area contributed by atoms with Crippen LogP contribution in [0.3, 0.4) is 0 Å². The highest BCUT2D eigenvalue weighted by Gasteiger charge is 2.46. The maximum Gasteiger partial charge on any atom is 0.319 e. The zero-order chi connectivity index (χ0) is 28.4. The lowest BCUT2D eigenvalue weighted by molar-refractivity contribution is 0.108. The molecule has 2 aromatic heterocycles. The zero-order valence-electron chi connectivity index (χ0n) is 23.8. The topological polar surface area (TPSA) is 93.1 Å². The molecule has 0 unspecified atom stereocenters. The number of rotatable bonds is 4. The molecule has 1 aromatic carbocycles. The second kappa shape index (κ2) is 10.1. The minimum absolute atomic E-state index is 0.102. The Labute approximate surface area is 244 Å². The summed E-state index contributed by atoms with van der Waals surface area (Å²) >= 11 is 0. The van der Waals surface area contributed by atoms with Gasteiger partial charge in [-0.2, -0.15) is 9.97 Å². The standard InChI is InChI=1S/C32H36FN5O4/c1-19-14-32(8-4-9-37(32)15-19)18-42-31-35-28-25-29(36-31)38-10-5-11-40-16-21(38)17-41-30(25)34-27(26(28)33)24-13-22(39)12-20-6-2-3-7-23(20)24/h12-13,21,39H,1-11,14-18H2/t21-,32-/m0/s1. The fourth-order valence-corrected chi connectivity index (χ4v) is 7.79. The second-order valence-corrected chi connectivity index (χ2v) is 12.5. The number of halogens is 1. The SMILES string of the molecule is C=C1CN2CCC[C@@]2(COc2nc3c4c(nc(-c5cc(O)cc6c5CCCC6)c(F)c4n2)OC[C@@H]2COCCCN32)C1. The lowest BCUT2D eigenvalue weighted by Gasteiger charge is -2.31. The van der Waals surface area contributed by atoms with Crippen molar-refractivity contribution in [3.05, 3.63) is 41.2 Å². The smallest absolute Gasteiger partial charge is 0.319 e. The van der Waals surface area contributed by atoms with Gasteiger partial charge in [-0.05, 0) is 81.2 Å². The van der Waals surface area contributed by atoms with Crippen LogP contribution in [0.25, 0.3) is 22.2 Å². The van der Waals surface area contributed by atoms with Gasteiger partial charge in [0.2, 0.25) is 5.88 Å². The number of aromatic nitrogens is 3. The van der Waals surface area contributed by atoms with E-state index in [9.17, 15) is 5.11 Å². The molecule has 0 saturated carbocycles. The summed E-state index contributed by atoms with van der Waals surface area (Å²) in [4.78, 5) is 19.0. The van der Waals surface area contributed by atoms with Crippen molar-refractivity contribution in [3.63, 3.8) is 0 Å². The lowest BCUT2D eigenvalue weighted by Crippen LogP contribution is -2.43. The number of benzene rings is 1. The highest BCUT2D eigenvalue weighted by molar-refractivity contribution is 5.97. The largest absolute Gasteiger partial charge is 0.508 e. The van der Waals surface area contributed by atoms with Gasteiger partial charge in [0.1, 0.15) is 41.4 Å². The first-order valence-electron chi connectivity index (χ1n) is 15.3. The van der Waals surface area contributed by atoms with Crippen LogP contribution in [0.2, 0.25) is 0 Å². The van der Waals surface area contributed by atoms with Crippen molar-refractivity contribution in [1.82, 2.24) is 19.9 Å². The predicted molar refractivity (Wildman–Crippen MR) is 156 cm³/mol. The van der Waals surface area contributed by atoms with Crippen LogP contribution in [0, 0.1) is 5.82 Å². The number of anilines is 1. The molecule has 10 heteroatoms. The molecule has 2 atom stereocenters. The van der Waals surface area contributed by atoms with E-state index in [1.165, 1.54) is 5.57 Å². The number of hydrogen-bond donors (Lipinski definition) is 1. The molecule has 0 amide bonds. The number of pyridine rings is 1. The number of nitrogens with zero attached hydrogens (tertiary/aromatic N) is 5. The average molecular weight is 574 g/mol. The van der Waals surface area contributed by atoms with Crippen LogP contribution in [0.5, 0.6) is 17.6 Å². The Balaban J connectivity index is 1.29. The second-order valence-electron chi connectivity index (χ2n) is 12.5. The third-order valence-electron chi connectivity index (χ3n) is 9.75. The molecule has 1 aliphatic carbocycles. The lowest BCUT2D eigenvalue weighted by atomic mass is 9.86. The van der Waals surface area contributed by atoms with Gasteiger partial charge in [0, 0.05) is 25.3 Å². The first-order chi connectivity index (χ1) is 20.5. The van der Waals surface area contributed by atoms with E-state index in [1.807, 2.05) is 0 Å². The highest BCUT2D eigenvalue weighted by Crippen LogP contribution is 2.44. The first kappa shape index (κ1) is 26.2. The molecule has 0 spiro atoms. The van der Waals surface area contributed by atoms with Gasteiger partial charge in [-0.1, -0.05) is 12.2 Å². The number of fused-ring (bicyclic) bond motifs is 4. The van der Waals surface area contributed by atoms with E-state index in [2.05, 4.69) is 16.4 Å². The van der Waals surface area contributed by atoms with Crippen molar-refractivity contribution in [2.24, 2.45) is 0 Å². The number of ether oxygens (including phenoxy) is 3. The summed E-state index contributed by atoms with van der Waals surface area (Å²) in [7, 11) is 0. The molecule has 9 nitrogen and oxygen atoms in total. The van der Waals surface area contributed by atoms with E-state index in [0.717, 1.165) is 75.6 Å². The zero-order valence-corrected chi connectivity index (χ0v) is 23.8. The van der Waals surface area contributed by atoms with Gasteiger partial charge in [-0.25, -0.2) is 9.37 Å². The summed E-state index contributed by atoms with van der Waals surface area (Å²) < 4.78 is 35.3. The molecule has 220 valence electrons. The van der Waals surface area contributed by atoms with Gasteiger partial charge >= 0.3 is 6.01 Å². The van der Waals surface area contributed by atoms with E-state index in [4.69, 9.17) is 29.2 Å². The number of aryl methyl sites for hydroxylation is 1. The summed E-state index contributed by atoms with van der Waals surface area (Å²) in [5.74, 6) is 0.431. The molecular weight excluding hydrogens is 537 g/mol. The molecule has 3 aromatic rings. The summed E-state index contributed by atoms with van der Waals surface area (Å²) in [6, 6.07) is 3.46. The van der Waals surface area contributed by atoms with Crippen LogP contribution < -0.4 is 14.4 Å². The Bertz CT molecular complexity index is 1600. The normalized spacial score (nSPS) is 25.4. The van der Waals surface area contributed by atoms with Crippen LogP contribution in [0.4, 0.5) is 10.2 Å². The van der Waals surface area contributed by atoms with Crippen LogP contribution in [-0.4, -0.2) is 82.6 Å². The Hall–Kier alpha value is -3.50. The molecule has 3 saturated heterocycles. The number of aromatic hydroxyl groups is 1. The molecule has 4 aliphatic heterocycles. The number of phenols is 1. The van der Waals surface area contributed by atoms with Gasteiger partial charge in [-0.15, -0.1) is 0 Å². The molecule has 1 N–H and O–H groups in total. The monoisotopic (exact) mass is 573 g/mol. The van der Waals surface area contributed by atoms with Gasteiger partial charge in [-0.3, -0.25) is 4.90 Å². The summed E-state index contributed by atoms with van der Waals surface area (Å²) in [6.45, 7) is 8.73. The van der Waals surface area contributed by atoms with E-state index < -0.39 is 5.82 Å². The van der Waals surface area contributed by atoms with Gasteiger partial charge < -0.3 is 24.2 Å². The van der Waals surface area contributed by atoms with Crippen LogP contribution >= 0.6 is 0 Å². The van der Waals surface area contributed by atoms with Crippen molar-refractivity contribution in [1.29, 1.82) is 0 Å². The Morgan fingerprint density at radius 2 is 2.00 bits per heavy atom. The van der Waals surface area contributed by atoms with Crippen LogP contribution in [-0.2, 0) is 17.6 Å². The average Bonchev–Trinajstić information content (AvgIpc) is 3.34. The summed E-state index contributed by atoms with van der Waals surface area (Å²) in [5, 5.41) is 11.0. The van der Waals surface area contributed by atoms with Crippen molar-refractivity contribution in [3.8, 4) is 28.9 Å². The van der Waals surface area contributed by atoms with Gasteiger partial charge in [0.05, 0.1) is 18.2 Å². The van der Waals surface area contributed by atoms with E-state index in [-0.39, 0.29) is 34.6 Å². The Morgan fingerprint density at radius 1 is 1.10 bits per heavy atom. The Morgan fingerprint density at radius 3 is 2.93 bits per heavy atom. The maximum absolute atomic E-state index is 16.8. The number of hydrogen-bond acceptors (Lipinski definition) is 9. The van der Waals surface area contributed by atoms with Gasteiger partial charge in [0.25, 0.3) is 0 Å². The Kier molecular flexibility index (Phi) is 6.26. The highest BCUT2D eigenvalue weighted by atomic mass is 19.1. The molecule has 3 fully saturated rings. The summed E-state index contributed by atoms with van der Waals surface area (Å²) in [6.07, 6.45) is 7.56. The van der Waals surface area contributed by atoms with Crippen LogP contribution in [0.1, 0.15) is 49.7 Å². The van der Waals surface area contributed by atoms with Crippen molar-refractivity contribution >= 4 is 16.7 Å². The summed E-state index contributed by atoms with van der Waals surface area (Å²) in [5.41, 5.74) is 4.04. The molecule has 42 heavy (non-hydrogen) atoms. The maximum atomic E-state index is 16.8. The fourth-order valence-electron chi connectivity index (χ4n) is 7.79. The third-order valence-corrected chi connectivity index (χ3v) is 9.75. The van der Waals surface area contributed by atoms with Crippen LogP contribution in [0.15, 0.2) is 24.3 Å². The van der Waals surface area contributed by atoms with Crippen molar-refractivity contribution < 1.29 is 23.7 Å². The number of phenolic OH excluding ortho intramolecular Hbond substituents is 1. The van der Waals surface area contributed by atoms with Gasteiger partial charge in [0.15, 0.2) is 5.82 Å². The van der Waals surface area contributed by atoms with E-state index >= 15 is 4.39 Å². The van der Waals surface area contributed by atoms with Crippen molar-refractivity contribution in [2.75, 3.05) is 51.0 Å². The minimum atomic E-state index is -0.552. The predicted octanol–water partition coefficient (Wildman–Crippen LogP) is 4.58.